The number of esters is 1. The van der Waals surface area contributed by atoms with Crippen molar-refractivity contribution in [1.82, 2.24) is 9.55 Å². The first-order valence-corrected chi connectivity index (χ1v) is 13.1. The van der Waals surface area contributed by atoms with Gasteiger partial charge in [0.25, 0.3) is 5.56 Å². The SMILES string of the molecule is COC(=O)Cn1cnc2cc(NC(=O)CCCOc3ccc(C(F)(F)F)cc3)c(Oc3cccc(N(C)C)c3)cc2c1=O. The topological polar surface area (TPSA) is 112 Å². The van der Waals surface area contributed by atoms with Gasteiger partial charge in [0.05, 0.1) is 42.2 Å². The minimum atomic E-state index is -4.44. The molecule has 1 N–H and O–H groups in total. The second-order valence-electron chi connectivity index (χ2n) is 9.64. The monoisotopic (exact) mass is 598 g/mol. The first kappa shape index (κ1) is 30.9. The Balaban J connectivity index is 1.52. The van der Waals surface area contributed by atoms with Gasteiger partial charge in [-0.1, -0.05) is 6.07 Å². The van der Waals surface area contributed by atoms with Gasteiger partial charge in [-0.2, -0.15) is 13.2 Å². The van der Waals surface area contributed by atoms with Crippen molar-refractivity contribution in [3.05, 3.63) is 82.9 Å². The summed E-state index contributed by atoms with van der Waals surface area (Å²) >= 11 is 0. The summed E-state index contributed by atoms with van der Waals surface area (Å²) in [4.78, 5) is 43.9. The molecule has 0 aliphatic rings. The van der Waals surface area contributed by atoms with Crippen LogP contribution in [0.3, 0.4) is 0 Å². The summed E-state index contributed by atoms with van der Waals surface area (Å²) < 4.78 is 55.6. The smallest absolute Gasteiger partial charge is 0.416 e. The Hall–Kier alpha value is -5.07. The maximum Gasteiger partial charge on any atom is 0.416 e. The molecule has 0 saturated carbocycles. The lowest BCUT2D eigenvalue weighted by Crippen LogP contribution is -2.25. The lowest BCUT2D eigenvalue weighted by molar-refractivity contribution is -0.141. The Labute approximate surface area is 244 Å². The molecule has 1 heterocycles. The van der Waals surface area contributed by atoms with Gasteiger partial charge in [0.15, 0.2) is 5.75 Å². The molecule has 0 fully saturated rings. The van der Waals surface area contributed by atoms with Gasteiger partial charge in [0.2, 0.25) is 5.91 Å². The Morgan fingerprint density at radius 2 is 1.77 bits per heavy atom. The second-order valence-corrected chi connectivity index (χ2v) is 9.64. The van der Waals surface area contributed by atoms with Crippen molar-refractivity contribution in [3.63, 3.8) is 0 Å². The summed E-state index contributed by atoms with van der Waals surface area (Å²) in [7, 11) is 4.96. The van der Waals surface area contributed by atoms with Crippen molar-refractivity contribution >= 4 is 34.2 Å². The number of nitrogens with one attached hydrogen (secondary N) is 1. The van der Waals surface area contributed by atoms with Crippen LogP contribution in [0.1, 0.15) is 18.4 Å². The number of benzene rings is 3. The molecule has 0 bridgehead atoms. The van der Waals surface area contributed by atoms with Crippen LogP contribution in [0, 0.1) is 0 Å². The van der Waals surface area contributed by atoms with Crippen molar-refractivity contribution in [3.8, 4) is 17.2 Å². The average molecular weight is 599 g/mol. The van der Waals surface area contributed by atoms with Gasteiger partial charge in [-0.15, -0.1) is 0 Å². The Kier molecular flexibility index (Phi) is 9.53. The molecule has 1 amide bonds. The molecule has 0 aliphatic heterocycles. The molecule has 0 aliphatic carbocycles. The number of nitrogens with zero attached hydrogens (tertiary/aromatic N) is 3. The molecule has 13 heteroatoms. The molecule has 3 aromatic carbocycles. The van der Waals surface area contributed by atoms with Gasteiger partial charge in [0, 0.05) is 32.3 Å². The van der Waals surface area contributed by atoms with Crippen molar-refractivity contribution < 1.29 is 37.0 Å². The average Bonchev–Trinajstić information content (AvgIpc) is 2.97. The molecule has 43 heavy (non-hydrogen) atoms. The highest BCUT2D eigenvalue weighted by Gasteiger charge is 2.30. The highest BCUT2D eigenvalue weighted by molar-refractivity contribution is 5.96. The lowest BCUT2D eigenvalue weighted by atomic mass is 10.2. The number of rotatable bonds is 11. The number of hydrogen-bond donors (Lipinski definition) is 1. The van der Waals surface area contributed by atoms with Gasteiger partial charge in [-0.25, -0.2) is 4.98 Å². The third-order valence-electron chi connectivity index (χ3n) is 6.29. The number of carbonyl (C=O) groups is 2. The molecule has 226 valence electrons. The molecule has 0 atom stereocenters. The summed E-state index contributed by atoms with van der Waals surface area (Å²) in [5, 5.41) is 2.94. The molecule has 0 unspecified atom stereocenters. The molecule has 0 saturated heterocycles. The van der Waals surface area contributed by atoms with E-state index in [9.17, 15) is 27.6 Å². The number of aromatic nitrogens is 2. The summed E-state index contributed by atoms with van der Waals surface area (Å²) in [6.45, 7) is -0.231. The van der Waals surface area contributed by atoms with Crippen molar-refractivity contribution in [2.75, 3.05) is 38.0 Å². The van der Waals surface area contributed by atoms with Crippen molar-refractivity contribution in [2.24, 2.45) is 0 Å². The van der Waals surface area contributed by atoms with E-state index in [4.69, 9.17) is 9.47 Å². The summed E-state index contributed by atoms with van der Waals surface area (Å²) in [5.41, 5.74) is 0.105. The van der Waals surface area contributed by atoms with Crippen LogP contribution in [0.2, 0.25) is 0 Å². The van der Waals surface area contributed by atoms with E-state index in [0.717, 1.165) is 22.4 Å². The molecule has 0 spiro atoms. The lowest BCUT2D eigenvalue weighted by Gasteiger charge is -2.16. The second kappa shape index (κ2) is 13.3. The molecule has 1 aromatic heterocycles. The summed E-state index contributed by atoms with van der Waals surface area (Å²) in [6.07, 6.45) is -2.92. The Morgan fingerprint density at radius 1 is 1.02 bits per heavy atom. The molecular weight excluding hydrogens is 569 g/mol. The third kappa shape index (κ3) is 8.03. The molecule has 0 radical (unpaired) electrons. The van der Waals surface area contributed by atoms with E-state index in [1.54, 1.807) is 18.2 Å². The minimum Gasteiger partial charge on any atom is -0.494 e. The number of hydrogen-bond acceptors (Lipinski definition) is 8. The third-order valence-corrected chi connectivity index (χ3v) is 6.29. The van der Waals surface area contributed by atoms with E-state index in [-0.39, 0.29) is 60.0 Å². The van der Waals surface area contributed by atoms with E-state index in [0.29, 0.717) is 5.75 Å². The van der Waals surface area contributed by atoms with Crippen LogP contribution < -0.4 is 25.2 Å². The standard InChI is InChI=1S/C30H29F3N4O6/c1-36(2)20-6-4-7-22(14-20)43-26-15-23-24(34-18-37(29(23)40)17-28(39)41-3)16-25(26)35-27(38)8-5-13-42-21-11-9-19(10-12-21)30(31,32)33/h4,6-7,9-12,14-16,18H,5,8,13,17H2,1-3H3,(H,35,38). The summed E-state index contributed by atoms with van der Waals surface area (Å²) in [6, 6.07) is 14.4. The van der Waals surface area contributed by atoms with Crippen LogP contribution >= 0.6 is 0 Å². The number of alkyl halides is 3. The van der Waals surface area contributed by atoms with E-state index >= 15 is 0 Å². The van der Waals surface area contributed by atoms with Crippen LogP contribution in [0.4, 0.5) is 24.5 Å². The summed E-state index contributed by atoms with van der Waals surface area (Å²) in [5.74, 6) is -0.132. The maximum atomic E-state index is 13.1. The fourth-order valence-electron chi connectivity index (χ4n) is 4.01. The van der Waals surface area contributed by atoms with E-state index in [2.05, 4.69) is 15.0 Å². The Morgan fingerprint density at radius 3 is 2.44 bits per heavy atom. The van der Waals surface area contributed by atoms with Crippen molar-refractivity contribution in [2.45, 2.75) is 25.6 Å². The molecule has 4 aromatic rings. The predicted octanol–water partition coefficient (Wildman–Crippen LogP) is 5.24. The molecular formula is C30H29F3N4O6. The van der Waals surface area contributed by atoms with Gasteiger partial charge >= 0.3 is 12.1 Å². The van der Waals surface area contributed by atoms with Crippen LogP contribution in [0.5, 0.6) is 17.2 Å². The number of ether oxygens (including phenoxy) is 3. The maximum absolute atomic E-state index is 13.1. The first-order chi connectivity index (χ1) is 20.4. The van der Waals surface area contributed by atoms with Gasteiger partial charge in [-0.3, -0.25) is 19.0 Å². The van der Waals surface area contributed by atoms with E-state index in [1.165, 1.54) is 37.7 Å². The van der Waals surface area contributed by atoms with Crippen LogP contribution in [-0.4, -0.2) is 49.2 Å². The zero-order valence-corrected chi connectivity index (χ0v) is 23.6. The fraction of sp³-hybridized carbons (Fsp3) is 0.267. The minimum absolute atomic E-state index is 0.0301. The Bertz CT molecular complexity index is 1670. The number of amides is 1. The number of anilines is 2. The van der Waals surface area contributed by atoms with Gasteiger partial charge < -0.3 is 24.4 Å². The molecule has 4 rings (SSSR count). The fourth-order valence-corrected chi connectivity index (χ4v) is 4.01. The number of fused-ring (bicyclic) bond motifs is 1. The largest absolute Gasteiger partial charge is 0.494 e. The highest BCUT2D eigenvalue weighted by atomic mass is 19.4. The van der Waals surface area contributed by atoms with Gasteiger partial charge in [0.1, 0.15) is 18.0 Å². The number of methoxy groups -OCH3 is 1. The normalized spacial score (nSPS) is 11.2. The number of carbonyl (C=O) groups excluding carboxylic acids is 2. The van der Waals surface area contributed by atoms with Crippen LogP contribution in [-0.2, 0) is 27.0 Å². The van der Waals surface area contributed by atoms with Crippen molar-refractivity contribution in [1.29, 1.82) is 0 Å². The van der Waals surface area contributed by atoms with Crippen LogP contribution in [0.15, 0.2) is 71.8 Å². The first-order valence-electron chi connectivity index (χ1n) is 13.1. The zero-order valence-electron chi connectivity index (χ0n) is 23.6. The number of halogens is 3. The van der Waals surface area contributed by atoms with E-state index < -0.39 is 23.3 Å². The van der Waals surface area contributed by atoms with E-state index in [1.807, 2.05) is 25.1 Å². The quantitative estimate of drug-likeness (QED) is 0.184. The predicted molar refractivity (Wildman–Crippen MR) is 154 cm³/mol. The zero-order chi connectivity index (χ0) is 31.1. The van der Waals surface area contributed by atoms with Gasteiger partial charge in [-0.05, 0) is 55.0 Å². The molecule has 10 nitrogen and oxygen atoms in total. The highest BCUT2D eigenvalue weighted by Crippen LogP contribution is 2.34. The van der Waals surface area contributed by atoms with Crippen LogP contribution in [0.25, 0.3) is 10.9 Å².